The van der Waals surface area contributed by atoms with E-state index in [4.69, 9.17) is 0 Å². The number of fused-ring (bicyclic) bond motifs is 1. The van der Waals surface area contributed by atoms with E-state index in [9.17, 15) is 14.7 Å². The zero-order valence-electron chi connectivity index (χ0n) is 14.7. The van der Waals surface area contributed by atoms with E-state index in [-0.39, 0.29) is 5.92 Å². The molecule has 0 saturated carbocycles. The molecule has 6 heteroatoms. The Balaban J connectivity index is 1.95. The van der Waals surface area contributed by atoms with E-state index in [1.807, 2.05) is 35.9 Å². The normalized spacial score (nSPS) is 14.4. The van der Waals surface area contributed by atoms with Crippen LogP contribution < -0.4 is 5.32 Å². The van der Waals surface area contributed by atoms with Gasteiger partial charge in [-0.15, -0.1) is 0 Å². The molecule has 0 unspecified atom stereocenters. The fourth-order valence-electron chi connectivity index (χ4n) is 3.24. The summed E-state index contributed by atoms with van der Waals surface area (Å²) >= 11 is 0. The molecule has 1 atom stereocenters. The highest BCUT2D eigenvalue weighted by molar-refractivity contribution is 5.96. The second-order valence-corrected chi connectivity index (χ2v) is 6.91. The second-order valence-electron chi connectivity index (χ2n) is 6.91. The Kier molecular flexibility index (Phi) is 4.61. The number of benzene rings is 1. The average molecular weight is 341 g/mol. The maximum absolute atomic E-state index is 12.7. The summed E-state index contributed by atoms with van der Waals surface area (Å²) in [7, 11) is 0. The van der Waals surface area contributed by atoms with Crippen LogP contribution in [0.15, 0.2) is 24.3 Å². The molecule has 0 spiro atoms. The third-order valence-corrected chi connectivity index (χ3v) is 4.64. The number of hydrogen-bond donors (Lipinski definition) is 2. The van der Waals surface area contributed by atoms with E-state index in [1.165, 1.54) is 0 Å². The number of carbonyl (C=O) groups excluding carboxylic acids is 1. The van der Waals surface area contributed by atoms with E-state index >= 15 is 0 Å². The first-order valence-corrected chi connectivity index (χ1v) is 8.60. The molecule has 132 valence electrons. The fourth-order valence-corrected chi connectivity index (χ4v) is 3.24. The van der Waals surface area contributed by atoms with Gasteiger partial charge in [0.25, 0.3) is 5.91 Å². The molecule has 2 N–H and O–H groups in total. The van der Waals surface area contributed by atoms with Crippen molar-refractivity contribution in [3.63, 3.8) is 0 Å². The van der Waals surface area contributed by atoms with Crippen LogP contribution in [0.1, 0.15) is 47.6 Å². The number of rotatable bonds is 5. The SMILES string of the molecule is Cc1ccc(-n2nc(C(=O)N[C@H](C(=O)O)C(C)C)c3c2CCC3)cc1. The van der Waals surface area contributed by atoms with Crippen LogP contribution in [0.2, 0.25) is 0 Å². The van der Waals surface area contributed by atoms with Gasteiger partial charge in [-0.05, 0) is 44.2 Å². The predicted molar refractivity (Wildman–Crippen MR) is 94.1 cm³/mol. The monoisotopic (exact) mass is 341 g/mol. The standard InChI is InChI=1S/C19H23N3O3/c1-11(2)16(19(24)25)20-18(23)17-14-5-4-6-15(14)22(21-17)13-9-7-12(3)8-10-13/h7-11,16H,4-6H2,1-3H3,(H,20,23)(H,24,25)/t16-/m0/s1. The number of aryl methyl sites for hydroxylation is 1. The maximum atomic E-state index is 12.7. The van der Waals surface area contributed by atoms with Crippen molar-refractivity contribution >= 4 is 11.9 Å². The zero-order chi connectivity index (χ0) is 18.1. The highest BCUT2D eigenvalue weighted by Crippen LogP contribution is 2.28. The lowest BCUT2D eigenvalue weighted by atomic mass is 10.0. The first kappa shape index (κ1) is 17.2. The van der Waals surface area contributed by atoms with E-state index < -0.39 is 17.9 Å². The molecule has 0 radical (unpaired) electrons. The minimum absolute atomic E-state index is 0.200. The summed E-state index contributed by atoms with van der Waals surface area (Å²) in [6, 6.07) is 7.07. The van der Waals surface area contributed by atoms with Crippen LogP contribution in [0, 0.1) is 12.8 Å². The Labute approximate surface area is 146 Å². The third-order valence-electron chi connectivity index (χ3n) is 4.64. The van der Waals surface area contributed by atoms with E-state index in [2.05, 4.69) is 10.4 Å². The first-order chi connectivity index (χ1) is 11.9. The van der Waals surface area contributed by atoms with Crippen LogP contribution in [0.3, 0.4) is 0 Å². The lowest BCUT2D eigenvalue weighted by molar-refractivity contribution is -0.140. The van der Waals surface area contributed by atoms with Gasteiger partial charge in [0.1, 0.15) is 6.04 Å². The quantitative estimate of drug-likeness (QED) is 0.875. The highest BCUT2D eigenvalue weighted by atomic mass is 16.4. The van der Waals surface area contributed by atoms with E-state index in [1.54, 1.807) is 13.8 Å². The van der Waals surface area contributed by atoms with Gasteiger partial charge in [-0.1, -0.05) is 31.5 Å². The number of carboxylic acids is 1. The van der Waals surface area contributed by atoms with Crippen LogP contribution >= 0.6 is 0 Å². The van der Waals surface area contributed by atoms with E-state index in [0.717, 1.165) is 41.8 Å². The summed E-state index contributed by atoms with van der Waals surface area (Å²) in [5, 5.41) is 16.4. The summed E-state index contributed by atoms with van der Waals surface area (Å²) in [6.45, 7) is 5.57. The highest BCUT2D eigenvalue weighted by Gasteiger charge is 2.30. The Bertz CT molecular complexity index is 806. The number of nitrogens with one attached hydrogen (secondary N) is 1. The van der Waals surface area contributed by atoms with Gasteiger partial charge >= 0.3 is 5.97 Å². The average Bonchev–Trinajstić information content (AvgIpc) is 3.15. The van der Waals surface area contributed by atoms with Gasteiger partial charge < -0.3 is 10.4 Å². The number of nitrogens with zero attached hydrogens (tertiary/aromatic N) is 2. The second kappa shape index (κ2) is 6.70. The molecule has 2 aromatic rings. The fraction of sp³-hybridized carbons (Fsp3) is 0.421. The molecular weight excluding hydrogens is 318 g/mol. The number of aliphatic carboxylic acids is 1. The molecule has 1 aliphatic rings. The molecule has 1 aromatic heterocycles. The van der Waals surface area contributed by atoms with Gasteiger partial charge in [-0.3, -0.25) is 4.79 Å². The first-order valence-electron chi connectivity index (χ1n) is 8.60. The molecular formula is C19H23N3O3. The van der Waals surface area contributed by atoms with Gasteiger partial charge in [0.15, 0.2) is 5.69 Å². The summed E-state index contributed by atoms with van der Waals surface area (Å²) in [5.41, 5.74) is 4.41. The summed E-state index contributed by atoms with van der Waals surface area (Å²) in [5.74, 6) is -1.64. The molecule has 3 rings (SSSR count). The Morgan fingerprint density at radius 1 is 1.20 bits per heavy atom. The molecule has 1 heterocycles. The summed E-state index contributed by atoms with van der Waals surface area (Å²) < 4.78 is 1.82. The number of amides is 1. The van der Waals surface area contributed by atoms with E-state index in [0.29, 0.717) is 5.69 Å². The molecule has 0 fully saturated rings. The van der Waals surface area contributed by atoms with Crippen LogP contribution in [-0.4, -0.2) is 32.8 Å². The molecule has 6 nitrogen and oxygen atoms in total. The van der Waals surface area contributed by atoms with Gasteiger partial charge in [0.2, 0.25) is 0 Å². The van der Waals surface area contributed by atoms with Gasteiger partial charge in [0, 0.05) is 11.3 Å². The van der Waals surface area contributed by atoms with Crippen molar-refractivity contribution < 1.29 is 14.7 Å². The van der Waals surface area contributed by atoms with Crippen molar-refractivity contribution in [2.75, 3.05) is 0 Å². The van der Waals surface area contributed by atoms with Crippen LogP contribution in [0.5, 0.6) is 0 Å². The molecule has 1 aliphatic carbocycles. The predicted octanol–water partition coefficient (Wildman–Crippen LogP) is 2.51. The molecule has 0 bridgehead atoms. The Hall–Kier alpha value is -2.63. The third kappa shape index (κ3) is 3.29. The smallest absolute Gasteiger partial charge is 0.326 e. The van der Waals surface area contributed by atoms with Crippen molar-refractivity contribution in [3.05, 3.63) is 46.8 Å². The molecule has 0 aliphatic heterocycles. The zero-order valence-corrected chi connectivity index (χ0v) is 14.7. The van der Waals surface area contributed by atoms with Crippen LogP contribution in [0.25, 0.3) is 5.69 Å². The van der Waals surface area contributed by atoms with Crippen molar-refractivity contribution in [1.29, 1.82) is 0 Å². The van der Waals surface area contributed by atoms with Gasteiger partial charge in [0.05, 0.1) is 5.69 Å². The summed E-state index contributed by atoms with van der Waals surface area (Å²) in [4.78, 5) is 24.0. The molecule has 0 saturated heterocycles. The lowest BCUT2D eigenvalue weighted by Gasteiger charge is -2.17. The van der Waals surface area contributed by atoms with Crippen molar-refractivity contribution in [1.82, 2.24) is 15.1 Å². The van der Waals surface area contributed by atoms with Gasteiger partial charge in [-0.25, -0.2) is 9.48 Å². The van der Waals surface area contributed by atoms with Crippen molar-refractivity contribution in [3.8, 4) is 5.69 Å². The minimum Gasteiger partial charge on any atom is -0.480 e. The van der Waals surface area contributed by atoms with Crippen LogP contribution in [-0.2, 0) is 17.6 Å². The Morgan fingerprint density at radius 3 is 2.48 bits per heavy atom. The van der Waals surface area contributed by atoms with Crippen LogP contribution in [0.4, 0.5) is 0 Å². The van der Waals surface area contributed by atoms with Gasteiger partial charge in [-0.2, -0.15) is 5.10 Å². The topological polar surface area (TPSA) is 84.2 Å². The minimum atomic E-state index is -1.03. The molecule has 1 aromatic carbocycles. The van der Waals surface area contributed by atoms with Crippen molar-refractivity contribution in [2.24, 2.45) is 5.92 Å². The molecule has 25 heavy (non-hydrogen) atoms. The Morgan fingerprint density at radius 2 is 1.88 bits per heavy atom. The number of hydrogen-bond acceptors (Lipinski definition) is 3. The maximum Gasteiger partial charge on any atom is 0.326 e. The van der Waals surface area contributed by atoms with Crippen molar-refractivity contribution in [2.45, 2.75) is 46.1 Å². The number of aromatic nitrogens is 2. The largest absolute Gasteiger partial charge is 0.480 e. The number of carboxylic acid groups (broad SMARTS) is 1. The lowest BCUT2D eigenvalue weighted by Crippen LogP contribution is -2.44. The summed E-state index contributed by atoms with van der Waals surface area (Å²) in [6.07, 6.45) is 2.64. The molecule has 1 amide bonds. The number of carbonyl (C=O) groups is 2.